The van der Waals surface area contributed by atoms with Crippen LogP contribution in [0.4, 0.5) is 0 Å². The van der Waals surface area contributed by atoms with Crippen molar-refractivity contribution in [2.45, 2.75) is 59.3 Å². The van der Waals surface area contributed by atoms with Crippen molar-refractivity contribution in [3.63, 3.8) is 0 Å². The minimum atomic E-state index is 0.317. The molecule has 0 saturated heterocycles. The van der Waals surface area contributed by atoms with Crippen LogP contribution in [0.25, 0.3) is 0 Å². The molecule has 112 valence electrons. The Balaban J connectivity index is 2.69. The van der Waals surface area contributed by atoms with E-state index in [1.807, 2.05) is 23.5 Å². The third kappa shape index (κ3) is 6.81. The molecule has 0 fully saturated rings. The predicted molar refractivity (Wildman–Crippen MR) is 98.3 cm³/mol. The summed E-state index contributed by atoms with van der Waals surface area (Å²) < 4.78 is 0.635. The molecule has 0 saturated carbocycles. The number of hydrogen-bond acceptors (Lipinski definition) is 2. The summed E-state index contributed by atoms with van der Waals surface area (Å²) in [6.07, 6.45) is 0. The van der Waals surface area contributed by atoms with Gasteiger partial charge in [-0.2, -0.15) is 0 Å². The minimum absolute atomic E-state index is 0.317. The van der Waals surface area contributed by atoms with Crippen LogP contribution in [0.2, 0.25) is 10.6 Å². The second kappa shape index (κ2) is 8.55. The first-order valence-electron chi connectivity index (χ1n) is 6.80. The standard InChI is InChI=1S/C16H24S2Se2/c1-15(2,11-19)17-9-13-7-5-6-8-14(13)10-18-16(3,4)12-20/h5-8H,9-12H2,1-4H3. The van der Waals surface area contributed by atoms with Gasteiger partial charge in [0.15, 0.2) is 0 Å². The van der Waals surface area contributed by atoms with E-state index in [2.05, 4.69) is 84.0 Å². The molecule has 1 aromatic carbocycles. The van der Waals surface area contributed by atoms with Crippen LogP contribution in [-0.4, -0.2) is 41.5 Å². The molecule has 0 spiro atoms. The third-order valence-electron chi connectivity index (χ3n) is 3.05. The van der Waals surface area contributed by atoms with E-state index in [0.717, 1.165) is 22.1 Å². The Labute approximate surface area is 149 Å². The molecule has 0 amide bonds. The van der Waals surface area contributed by atoms with Crippen molar-refractivity contribution in [2.75, 3.05) is 0 Å². The van der Waals surface area contributed by atoms with E-state index in [1.165, 1.54) is 11.1 Å². The van der Waals surface area contributed by atoms with Crippen molar-refractivity contribution in [2.24, 2.45) is 0 Å². The molecule has 0 aliphatic rings. The Kier molecular flexibility index (Phi) is 8.13. The van der Waals surface area contributed by atoms with Crippen molar-refractivity contribution >= 4 is 55.5 Å². The summed E-state index contributed by atoms with van der Waals surface area (Å²) in [4.78, 5) is 0. The molecule has 0 bridgehead atoms. The fourth-order valence-corrected chi connectivity index (χ4v) is 4.34. The zero-order valence-electron chi connectivity index (χ0n) is 12.8. The van der Waals surface area contributed by atoms with E-state index in [0.29, 0.717) is 9.49 Å². The van der Waals surface area contributed by atoms with E-state index >= 15 is 0 Å². The Bertz CT molecular complexity index is 378. The van der Waals surface area contributed by atoms with Gasteiger partial charge in [-0.3, -0.25) is 0 Å². The van der Waals surface area contributed by atoms with Gasteiger partial charge in [0, 0.05) is 0 Å². The van der Waals surface area contributed by atoms with Crippen LogP contribution in [0.15, 0.2) is 24.3 Å². The molecule has 2 radical (unpaired) electrons. The van der Waals surface area contributed by atoms with Gasteiger partial charge >= 0.3 is 150 Å². The first-order valence-corrected chi connectivity index (χ1v) is 11.2. The van der Waals surface area contributed by atoms with Gasteiger partial charge in [0.05, 0.1) is 0 Å². The molecule has 1 aromatic rings. The zero-order valence-corrected chi connectivity index (χ0v) is 17.8. The Morgan fingerprint density at radius 3 is 1.45 bits per heavy atom. The first-order chi connectivity index (χ1) is 9.29. The average molecular weight is 438 g/mol. The van der Waals surface area contributed by atoms with Crippen LogP contribution in [0.1, 0.15) is 38.8 Å². The summed E-state index contributed by atoms with van der Waals surface area (Å²) in [6.45, 7) is 9.23. The summed E-state index contributed by atoms with van der Waals surface area (Å²) in [5.74, 6) is 2.20. The predicted octanol–water partition coefficient (Wildman–Crippen LogP) is 4.88. The van der Waals surface area contributed by atoms with Crippen molar-refractivity contribution in [3.05, 3.63) is 35.4 Å². The van der Waals surface area contributed by atoms with E-state index in [1.54, 1.807) is 0 Å². The van der Waals surface area contributed by atoms with Crippen LogP contribution < -0.4 is 0 Å². The van der Waals surface area contributed by atoms with E-state index in [4.69, 9.17) is 0 Å². The molecule has 0 aromatic heterocycles. The molecule has 0 nitrogen and oxygen atoms in total. The molecule has 0 atom stereocenters. The van der Waals surface area contributed by atoms with Crippen LogP contribution in [0.5, 0.6) is 0 Å². The number of rotatable bonds is 8. The van der Waals surface area contributed by atoms with Crippen molar-refractivity contribution in [1.29, 1.82) is 0 Å². The molecular weight excluding hydrogens is 414 g/mol. The van der Waals surface area contributed by atoms with Crippen LogP contribution in [0, 0.1) is 0 Å². The molecule has 0 aliphatic heterocycles. The summed E-state index contributed by atoms with van der Waals surface area (Å²) in [7, 11) is 0. The second-order valence-electron chi connectivity index (χ2n) is 6.15. The Morgan fingerprint density at radius 2 is 1.15 bits per heavy atom. The molecule has 1 rings (SSSR count). The van der Waals surface area contributed by atoms with Gasteiger partial charge in [0.1, 0.15) is 0 Å². The number of hydrogen-bond donors (Lipinski definition) is 0. The fourth-order valence-electron chi connectivity index (χ4n) is 1.47. The van der Waals surface area contributed by atoms with Gasteiger partial charge in [-0.05, 0) is 0 Å². The van der Waals surface area contributed by atoms with Gasteiger partial charge in [-0.1, -0.05) is 0 Å². The van der Waals surface area contributed by atoms with Crippen LogP contribution in [-0.2, 0) is 11.5 Å². The van der Waals surface area contributed by atoms with Gasteiger partial charge in [-0.25, -0.2) is 0 Å². The van der Waals surface area contributed by atoms with Gasteiger partial charge in [0.25, 0.3) is 0 Å². The van der Waals surface area contributed by atoms with E-state index in [9.17, 15) is 0 Å². The summed E-state index contributed by atoms with van der Waals surface area (Å²) >= 11 is 10.4. The molecule has 0 heterocycles. The quantitative estimate of drug-likeness (QED) is 0.531. The first kappa shape index (κ1) is 19.0. The van der Waals surface area contributed by atoms with Gasteiger partial charge < -0.3 is 0 Å². The maximum atomic E-state index is 3.16. The number of thioether (sulfide) groups is 2. The molecular formula is C16H24S2Se2. The van der Waals surface area contributed by atoms with Gasteiger partial charge in [0.2, 0.25) is 0 Å². The Hall–Kier alpha value is 0.959. The molecule has 20 heavy (non-hydrogen) atoms. The molecule has 0 unspecified atom stereocenters. The van der Waals surface area contributed by atoms with Crippen LogP contribution >= 0.6 is 23.5 Å². The summed E-state index contributed by atoms with van der Waals surface area (Å²) in [5, 5.41) is 2.18. The topological polar surface area (TPSA) is 0 Å². The van der Waals surface area contributed by atoms with Crippen molar-refractivity contribution < 1.29 is 0 Å². The van der Waals surface area contributed by atoms with E-state index in [-0.39, 0.29) is 0 Å². The normalized spacial score (nSPS) is 12.7. The monoisotopic (exact) mass is 440 g/mol. The van der Waals surface area contributed by atoms with Crippen molar-refractivity contribution in [1.82, 2.24) is 0 Å². The summed E-state index contributed by atoms with van der Waals surface area (Å²) in [5.41, 5.74) is 2.98. The van der Waals surface area contributed by atoms with Crippen molar-refractivity contribution in [3.8, 4) is 0 Å². The molecule has 0 aliphatic carbocycles. The SMILES string of the molecule is CC(C)(C[Se])SCc1ccccc1CSC(C)(C)C[Se]. The van der Waals surface area contributed by atoms with Crippen LogP contribution in [0.3, 0.4) is 0 Å². The Morgan fingerprint density at radius 1 is 0.800 bits per heavy atom. The third-order valence-corrected chi connectivity index (χ3v) is 9.67. The average Bonchev–Trinajstić information content (AvgIpc) is 2.44. The van der Waals surface area contributed by atoms with Gasteiger partial charge in [-0.15, -0.1) is 0 Å². The molecule has 0 N–H and O–H groups in total. The molecule has 4 heteroatoms. The second-order valence-corrected chi connectivity index (χ2v) is 10.7. The zero-order chi connectivity index (χ0) is 15.2. The number of benzene rings is 1. The summed E-state index contributed by atoms with van der Waals surface area (Å²) in [6, 6.07) is 8.88. The van der Waals surface area contributed by atoms with E-state index < -0.39 is 0 Å². The maximum absolute atomic E-state index is 3.16. The fraction of sp³-hybridized carbons (Fsp3) is 0.625.